The van der Waals surface area contributed by atoms with Crippen molar-refractivity contribution >= 4 is 0 Å². The average molecular weight is 266 g/mol. The minimum Gasteiger partial charge on any atom is -0.389 e. The topological polar surface area (TPSA) is 76.1 Å². The van der Waals surface area contributed by atoms with Crippen molar-refractivity contribution in [3.05, 3.63) is 18.0 Å². The van der Waals surface area contributed by atoms with Crippen molar-refractivity contribution < 1.29 is 5.11 Å². The first-order valence-electron chi connectivity index (χ1n) is 7.16. The Kier molecular flexibility index (Phi) is 4.60. The van der Waals surface area contributed by atoms with Gasteiger partial charge in [-0.25, -0.2) is 0 Å². The molecular formula is C14H26N4O. The van der Waals surface area contributed by atoms with Gasteiger partial charge in [0.2, 0.25) is 0 Å². The molecule has 0 aromatic carbocycles. The van der Waals surface area contributed by atoms with Crippen molar-refractivity contribution in [2.24, 2.45) is 11.8 Å². The smallest absolute Gasteiger partial charge is 0.0786 e. The molecule has 5 heteroatoms. The fourth-order valence-corrected chi connectivity index (χ4v) is 3.02. The van der Waals surface area contributed by atoms with E-state index in [1.165, 1.54) is 31.2 Å². The summed E-state index contributed by atoms with van der Waals surface area (Å²) in [4.78, 5) is 0. The number of nitrogens with one attached hydrogen (secondary N) is 1. The van der Waals surface area contributed by atoms with E-state index in [2.05, 4.69) is 16.7 Å². The molecule has 2 unspecified atom stereocenters. The Morgan fingerprint density at radius 3 is 3.00 bits per heavy atom. The van der Waals surface area contributed by atoms with Crippen LogP contribution in [0.15, 0.2) is 12.4 Å². The molecule has 1 aliphatic carbocycles. The molecule has 1 aliphatic rings. The van der Waals surface area contributed by atoms with Gasteiger partial charge in [0.15, 0.2) is 0 Å². The first kappa shape index (κ1) is 14.5. The van der Waals surface area contributed by atoms with E-state index in [4.69, 9.17) is 5.84 Å². The Labute approximate surface area is 115 Å². The fourth-order valence-electron chi connectivity index (χ4n) is 3.02. The maximum Gasteiger partial charge on any atom is 0.0786 e. The number of aliphatic hydroxyl groups is 1. The van der Waals surface area contributed by atoms with Gasteiger partial charge in [-0.05, 0) is 50.5 Å². The second-order valence-electron chi connectivity index (χ2n) is 6.42. The van der Waals surface area contributed by atoms with E-state index in [-0.39, 0.29) is 0 Å². The molecular weight excluding hydrogens is 240 g/mol. The highest BCUT2D eigenvalue weighted by molar-refractivity contribution is 5.12. The third kappa shape index (κ3) is 4.30. The summed E-state index contributed by atoms with van der Waals surface area (Å²) in [5, 5.41) is 14.2. The van der Waals surface area contributed by atoms with Gasteiger partial charge in [0.25, 0.3) is 0 Å². The SMILES string of the molecule is CC(C)(O)Cn1cc(C2CCCC(CNN)C2)cn1. The Hall–Kier alpha value is -0.910. The monoisotopic (exact) mass is 266 g/mol. The van der Waals surface area contributed by atoms with Crippen molar-refractivity contribution in [2.45, 2.75) is 57.6 Å². The van der Waals surface area contributed by atoms with Gasteiger partial charge in [0, 0.05) is 12.7 Å². The molecule has 0 radical (unpaired) electrons. The molecule has 1 heterocycles. The van der Waals surface area contributed by atoms with Crippen LogP contribution in [-0.2, 0) is 6.54 Å². The van der Waals surface area contributed by atoms with Gasteiger partial charge < -0.3 is 5.11 Å². The lowest BCUT2D eigenvalue weighted by atomic mass is 9.79. The van der Waals surface area contributed by atoms with Crippen LogP contribution in [0.3, 0.4) is 0 Å². The number of nitrogens with zero attached hydrogens (tertiary/aromatic N) is 2. The number of rotatable bonds is 5. The van der Waals surface area contributed by atoms with Gasteiger partial charge in [0.05, 0.1) is 18.3 Å². The summed E-state index contributed by atoms with van der Waals surface area (Å²) in [5.74, 6) is 6.68. The summed E-state index contributed by atoms with van der Waals surface area (Å²) in [5.41, 5.74) is 3.37. The fraction of sp³-hybridized carbons (Fsp3) is 0.786. The highest BCUT2D eigenvalue weighted by Gasteiger charge is 2.24. The number of hydrazine groups is 1. The summed E-state index contributed by atoms with van der Waals surface area (Å²) in [6.45, 7) is 5.04. The maximum absolute atomic E-state index is 9.82. The molecule has 0 aliphatic heterocycles. The van der Waals surface area contributed by atoms with Crippen LogP contribution in [0.2, 0.25) is 0 Å². The zero-order valence-corrected chi connectivity index (χ0v) is 12.0. The van der Waals surface area contributed by atoms with E-state index in [0.717, 1.165) is 6.54 Å². The predicted molar refractivity (Wildman–Crippen MR) is 75.4 cm³/mol. The van der Waals surface area contributed by atoms with Gasteiger partial charge in [-0.3, -0.25) is 16.0 Å². The van der Waals surface area contributed by atoms with E-state index >= 15 is 0 Å². The van der Waals surface area contributed by atoms with Crippen LogP contribution in [0.5, 0.6) is 0 Å². The summed E-state index contributed by atoms with van der Waals surface area (Å²) < 4.78 is 1.85. The van der Waals surface area contributed by atoms with Crippen molar-refractivity contribution in [2.75, 3.05) is 6.54 Å². The Morgan fingerprint density at radius 1 is 1.53 bits per heavy atom. The first-order valence-corrected chi connectivity index (χ1v) is 7.16. The Morgan fingerprint density at radius 2 is 2.32 bits per heavy atom. The third-order valence-corrected chi connectivity index (χ3v) is 3.86. The molecule has 4 N–H and O–H groups in total. The Balaban J connectivity index is 1.98. The van der Waals surface area contributed by atoms with E-state index in [9.17, 15) is 5.11 Å². The molecule has 2 atom stereocenters. The second kappa shape index (κ2) is 6.03. The van der Waals surface area contributed by atoms with Crippen molar-refractivity contribution in [3.8, 4) is 0 Å². The minimum atomic E-state index is -0.720. The number of hydrogen-bond donors (Lipinski definition) is 3. The highest BCUT2D eigenvalue weighted by Crippen LogP contribution is 2.35. The minimum absolute atomic E-state index is 0.535. The van der Waals surface area contributed by atoms with Crippen molar-refractivity contribution in [1.29, 1.82) is 0 Å². The van der Waals surface area contributed by atoms with Crippen LogP contribution < -0.4 is 11.3 Å². The predicted octanol–water partition coefficient (Wildman–Crippen LogP) is 1.39. The van der Waals surface area contributed by atoms with Crippen LogP contribution in [0.1, 0.15) is 51.0 Å². The van der Waals surface area contributed by atoms with Crippen molar-refractivity contribution in [1.82, 2.24) is 15.2 Å². The summed E-state index contributed by atoms with van der Waals surface area (Å²) >= 11 is 0. The number of nitrogens with two attached hydrogens (primary N) is 1. The largest absolute Gasteiger partial charge is 0.389 e. The third-order valence-electron chi connectivity index (χ3n) is 3.86. The summed E-state index contributed by atoms with van der Waals surface area (Å²) in [7, 11) is 0. The van der Waals surface area contributed by atoms with Gasteiger partial charge in [-0.15, -0.1) is 0 Å². The van der Waals surface area contributed by atoms with Gasteiger partial charge in [-0.1, -0.05) is 6.42 Å². The normalized spacial score (nSPS) is 24.6. The zero-order chi connectivity index (χ0) is 13.9. The molecule has 2 rings (SSSR count). The molecule has 1 fully saturated rings. The molecule has 19 heavy (non-hydrogen) atoms. The van der Waals surface area contributed by atoms with Crippen molar-refractivity contribution in [3.63, 3.8) is 0 Å². The zero-order valence-electron chi connectivity index (χ0n) is 12.0. The molecule has 5 nitrogen and oxygen atoms in total. The van der Waals surface area contributed by atoms with Gasteiger partial charge >= 0.3 is 0 Å². The molecule has 108 valence electrons. The average Bonchev–Trinajstić information content (AvgIpc) is 2.76. The molecule has 0 amide bonds. The molecule has 0 saturated heterocycles. The molecule has 0 bridgehead atoms. The van der Waals surface area contributed by atoms with Crippen LogP contribution >= 0.6 is 0 Å². The Bertz CT molecular complexity index is 394. The lowest BCUT2D eigenvalue weighted by Crippen LogP contribution is -2.31. The second-order valence-corrected chi connectivity index (χ2v) is 6.42. The van der Waals surface area contributed by atoms with E-state index in [1.807, 2.05) is 10.9 Å². The molecule has 1 saturated carbocycles. The molecule has 1 aromatic rings. The van der Waals surface area contributed by atoms with Crippen LogP contribution in [0.4, 0.5) is 0 Å². The van der Waals surface area contributed by atoms with E-state index in [0.29, 0.717) is 18.4 Å². The maximum atomic E-state index is 9.82. The lowest BCUT2D eigenvalue weighted by molar-refractivity contribution is 0.0577. The lowest BCUT2D eigenvalue weighted by Gasteiger charge is -2.28. The van der Waals surface area contributed by atoms with Crippen LogP contribution in [0.25, 0.3) is 0 Å². The standard InChI is InChI=1S/C14H26N4O/c1-14(2,19)10-18-9-13(8-17-18)12-5-3-4-11(6-12)7-16-15/h8-9,11-12,16,19H,3-7,10,15H2,1-2H3. The van der Waals surface area contributed by atoms with Crippen LogP contribution in [0, 0.1) is 5.92 Å². The quantitative estimate of drug-likeness (QED) is 0.556. The van der Waals surface area contributed by atoms with E-state index in [1.54, 1.807) is 13.8 Å². The number of hydrogen-bond acceptors (Lipinski definition) is 4. The van der Waals surface area contributed by atoms with E-state index < -0.39 is 5.60 Å². The summed E-state index contributed by atoms with van der Waals surface area (Å²) in [6, 6.07) is 0. The molecule has 1 aromatic heterocycles. The number of aromatic nitrogens is 2. The first-order chi connectivity index (χ1) is 8.98. The highest BCUT2D eigenvalue weighted by atomic mass is 16.3. The van der Waals surface area contributed by atoms with Gasteiger partial charge in [0.1, 0.15) is 0 Å². The summed E-state index contributed by atoms with van der Waals surface area (Å²) in [6.07, 6.45) is 8.97. The van der Waals surface area contributed by atoms with Crippen LogP contribution in [-0.4, -0.2) is 27.0 Å². The van der Waals surface area contributed by atoms with Gasteiger partial charge in [-0.2, -0.15) is 5.10 Å². The molecule has 0 spiro atoms.